The number of hydrogen-bond acceptors (Lipinski definition) is 2. The highest BCUT2D eigenvalue weighted by molar-refractivity contribution is 5.99. The first kappa shape index (κ1) is 19.8. The van der Waals surface area contributed by atoms with E-state index in [1.165, 1.54) is 5.01 Å². The van der Waals surface area contributed by atoms with Crippen LogP contribution < -0.4 is 5.43 Å². The van der Waals surface area contributed by atoms with Crippen LogP contribution in [0.1, 0.15) is 69.3 Å². The summed E-state index contributed by atoms with van der Waals surface area (Å²) >= 11 is 0. The molecule has 4 heteroatoms. The molecule has 0 aliphatic carbocycles. The van der Waals surface area contributed by atoms with Crippen LogP contribution in [0.3, 0.4) is 0 Å². The summed E-state index contributed by atoms with van der Waals surface area (Å²) in [5.41, 5.74) is 3.62. The number of unbranched alkanes of at least 4 members (excludes halogenated alkanes) is 3. The first-order chi connectivity index (χ1) is 11.3. The Labute approximate surface area is 145 Å². The summed E-state index contributed by atoms with van der Waals surface area (Å²) in [5.74, 6) is 4.73. The maximum Gasteiger partial charge on any atom is 0.314 e. The molecule has 1 N–H and O–H groups in total. The standard InChI is InChI=1S/C20H28N2O2/c1-6-7-8-9-10-14-18(23)21-22(20(3,4)5)19(24)17-13-11-12-16(2)15-17/h11-13,15H,6-9H2,1-5H3,(H,21,23). The first-order valence-corrected chi connectivity index (χ1v) is 8.46. The minimum Gasteiger partial charge on any atom is -0.267 e. The zero-order valence-electron chi connectivity index (χ0n) is 15.4. The third-order valence-corrected chi connectivity index (χ3v) is 3.46. The predicted octanol–water partition coefficient (Wildman–Crippen LogP) is 3.85. The Hall–Kier alpha value is -2.28. The van der Waals surface area contributed by atoms with Gasteiger partial charge in [0, 0.05) is 12.0 Å². The average Bonchev–Trinajstić information content (AvgIpc) is 2.50. The van der Waals surface area contributed by atoms with Crippen LogP contribution in [0.25, 0.3) is 0 Å². The Kier molecular flexibility index (Phi) is 7.51. The molecule has 4 nitrogen and oxygen atoms in total. The van der Waals surface area contributed by atoms with E-state index in [0.717, 1.165) is 24.8 Å². The van der Waals surface area contributed by atoms with Gasteiger partial charge < -0.3 is 0 Å². The summed E-state index contributed by atoms with van der Waals surface area (Å²) in [6, 6.07) is 7.32. The first-order valence-electron chi connectivity index (χ1n) is 8.46. The van der Waals surface area contributed by atoms with E-state index in [-0.39, 0.29) is 5.91 Å². The smallest absolute Gasteiger partial charge is 0.267 e. The molecule has 0 bridgehead atoms. The second-order valence-corrected chi connectivity index (χ2v) is 6.88. The largest absolute Gasteiger partial charge is 0.314 e. The summed E-state index contributed by atoms with van der Waals surface area (Å²) in [4.78, 5) is 24.8. The molecule has 1 rings (SSSR count). The van der Waals surface area contributed by atoms with Crippen LogP contribution in [-0.4, -0.2) is 22.4 Å². The fourth-order valence-corrected chi connectivity index (χ4v) is 2.17. The third-order valence-electron chi connectivity index (χ3n) is 3.46. The van der Waals surface area contributed by atoms with Crippen molar-refractivity contribution >= 4 is 11.8 Å². The van der Waals surface area contributed by atoms with Gasteiger partial charge in [-0.3, -0.25) is 15.0 Å². The van der Waals surface area contributed by atoms with E-state index in [1.54, 1.807) is 6.07 Å². The van der Waals surface area contributed by atoms with Crippen molar-refractivity contribution in [2.24, 2.45) is 0 Å². The lowest BCUT2D eigenvalue weighted by Gasteiger charge is -2.34. The Morgan fingerprint density at radius 3 is 2.50 bits per heavy atom. The van der Waals surface area contributed by atoms with Crippen LogP contribution >= 0.6 is 0 Å². The molecular weight excluding hydrogens is 300 g/mol. The summed E-state index contributed by atoms with van der Waals surface area (Å²) in [6.07, 6.45) is 3.91. The highest BCUT2D eigenvalue weighted by atomic mass is 16.2. The highest BCUT2D eigenvalue weighted by Gasteiger charge is 2.29. The Balaban J connectivity index is 2.83. The van der Waals surface area contributed by atoms with Gasteiger partial charge in [0.25, 0.3) is 5.91 Å². The minimum absolute atomic E-state index is 0.243. The number of carbonyl (C=O) groups excluding carboxylic acids is 2. The number of hydrazine groups is 1. The van der Waals surface area contributed by atoms with Gasteiger partial charge in [-0.25, -0.2) is 5.01 Å². The van der Waals surface area contributed by atoms with E-state index < -0.39 is 11.4 Å². The van der Waals surface area contributed by atoms with E-state index in [2.05, 4.69) is 24.2 Å². The van der Waals surface area contributed by atoms with Gasteiger partial charge in [-0.05, 0) is 52.2 Å². The third kappa shape index (κ3) is 6.45. The topological polar surface area (TPSA) is 49.4 Å². The van der Waals surface area contributed by atoms with Gasteiger partial charge >= 0.3 is 5.91 Å². The summed E-state index contributed by atoms with van der Waals surface area (Å²) in [6.45, 7) is 9.66. The van der Waals surface area contributed by atoms with Crippen molar-refractivity contribution in [3.8, 4) is 11.8 Å². The molecule has 0 saturated carbocycles. The van der Waals surface area contributed by atoms with Crippen molar-refractivity contribution in [1.29, 1.82) is 0 Å². The number of carbonyl (C=O) groups is 2. The number of nitrogens with zero attached hydrogens (tertiary/aromatic N) is 1. The number of hydrogen-bond donors (Lipinski definition) is 1. The highest BCUT2D eigenvalue weighted by Crippen LogP contribution is 2.15. The van der Waals surface area contributed by atoms with Crippen molar-refractivity contribution in [1.82, 2.24) is 10.4 Å². The predicted molar refractivity (Wildman–Crippen MR) is 97.2 cm³/mol. The Morgan fingerprint density at radius 2 is 1.92 bits per heavy atom. The molecule has 1 aromatic rings. The molecule has 0 atom stereocenters. The van der Waals surface area contributed by atoms with Gasteiger partial charge in [0.05, 0.1) is 5.54 Å². The molecule has 0 heterocycles. The van der Waals surface area contributed by atoms with Crippen molar-refractivity contribution in [3.05, 3.63) is 35.4 Å². The number of amides is 2. The lowest BCUT2D eigenvalue weighted by atomic mass is 10.1. The van der Waals surface area contributed by atoms with Crippen LogP contribution in [0.5, 0.6) is 0 Å². The maximum atomic E-state index is 12.8. The molecule has 0 aliphatic rings. The van der Waals surface area contributed by atoms with Gasteiger partial charge in [-0.15, -0.1) is 0 Å². The number of rotatable bonds is 4. The zero-order valence-corrected chi connectivity index (χ0v) is 15.4. The van der Waals surface area contributed by atoms with Crippen molar-refractivity contribution in [2.75, 3.05) is 0 Å². The number of aryl methyl sites for hydroxylation is 1. The summed E-state index contributed by atoms with van der Waals surface area (Å²) in [5, 5.41) is 1.35. The van der Waals surface area contributed by atoms with Gasteiger partial charge in [0.15, 0.2) is 0 Å². The molecule has 0 aliphatic heterocycles. The summed E-state index contributed by atoms with van der Waals surface area (Å²) in [7, 11) is 0. The van der Waals surface area contributed by atoms with Crippen molar-refractivity contribution in [2.45, 2.75) is 65.8 Å². The molecule has 0 fully saturated rings. The molecule has 0 aromatic heterocycles. The molecular formula is C20H28N2O2. The van der Waals surface area contributed by atoms with E-state index >= 15 is 0 Å². The van der Waals surface area contributed by atoms with E-state index in [4.69, 9.17) is 0 Å². The van der Waals surface area contributed by atoms with E-state index in [9.17, 15) is 9.59 Å². The number of nitrogens with one attached hydrogen (secondary N) is 1. The molecule has 1 aromatic carbocycles. The van der Waals surface area contributed by atoms with Gasteiger partial charge in [-0.2, -0.15) is 0 Å². The molecule has 0 saturated heterocycles. The van der Waals surface area contributed by atoms with E-state index in [0.29, 0.717) is 12.0 Å². The molecule has 2 amide bonds. The molecule has 130 valence electrons. The lowest BCUT2D eigenvalue weighted by Crippen LogP contribution is -2.55. The fraction of sp³-hybridized carbons (Fsp3) is 0.500. The maximum absolute atomic E-state index is 12.8. The molecule has 0 spiro atoms. The summed E-state index contributed by atoms with van der Waals surface area (Å²) < 4.78 is 0. The van der Waals surface area contributed by atoms with Gasteiger partial charge in [-0.1, -0.05) is 43.4 Å². The Morgan fingerprint density at radius 1 is 1.21 bits per heavy atom. The van der Waals surface area contributed by atoms with Crippen LogP contribution in [0.4, 0.5) is 0 Å². The second kappa shape index (κ2) is 9.12. The van der Waals surface area contributed by atoms with Crippen molar-refractivity contribution < 1.29 is 9.59 Å². The molecule has 0 unspecified atom stereocenters. The fourth-order valence-electron chi connectivity index (χ4n) is 2.17. The Bertz CT molecular complexity index is 633. The molecule has 0 radical (unpaired) electrons. The number of benzene rings is 1. The van der Waals surface area contributed by atoms with Crippen molar-refractivity contribution in [3.63, 3.8) is 0 Å². The monoisotopic (exact) mass is 328 g/mol. The zero-order chi connectivity index (χ0) is 18.2. The average molecular weight is 328 g/mol. The van der Waals surface area contributed by atoms with Crippen LogP contribution in [0, 0.1) is 18.8 Å². The normalized spacial score (nSPS) is 10.5. The van der Waals surface area contributed by atoms with Crippen LogP contribution in [0.15, 0.2) is 24.3 Å². The van der Waals surface area contributed by atoms with E-state index in [1.807, 2.05) is 45.9 Å². The van der Waals surface area contributed by atoms with Crippen LogP contribution in [0.2, 0.25) is 0 Å². The van der Waals surface area contributed by atoms with Gasteiger partial charge in [0.2, 0.25) is 0 Å². The minimum atomic E-state index is -0.555. The van der Waals surface area contributed by atoms with Gasteiger partial charge in [0.1, 0.15) is 0 Å². The second-order valence-electron chi connectivity index (χ2n) is 6.88. The SMILES string of the molecule is CCCCCC#CC(=O)NN(C(=O)c1cccc(C)c1)C(C)(C)C. The quantitative estimate of drug-likeness (QED) is 0.518. The lowest BCUT2D eigenvalue weighted by molar-refractivity contribution is -0.121. The van der Waals surface area contributed by atoms with Crippen LogP contribution in [-0.2, 0) is 4.79 Å². The molecule has 24 heavy (non-hydrogen) atoms.